The number of benzene rings is 1. The van der Waals surface area contributed by atoms with Crippen LogP contribution in [-0.4, -0.2) is 24.1 Å². The van der Waals surface area contributed by atoms with Gasteiger partial charge in [0.25, 0.3) is 0 Å². The molecule has 0 amide bonds. The van der Waals surface area contributed by atoms with Crippen LogP contribution in [0.2, 0.25) is 0 Å². The molecule has 2 nitrogen and oxygen atoms in total. The molecule has 1 aromatic carbocycles. The highest BCUT2D eigenvalue weighted by atomic mass is 32.2. The maximum absolute atomic E-state index is 11.8. The zero-order valence-electron chi connectivity index (χ0n) is 14.6. The lowest BCUT2D eigenvalue weighted by molar-refractivity contribution is -0.154. The van der Waals surface area contributed by atoms with Gasteiger partial charge in [0.15, 0.2) is 0 Å². The number of rotatable bonds is 9. The summed E-state index contributed by atoms with van der Waals surface area (Å²) in [7, 11) is 0. The highest BCUT2D eigenvalue weighted by molar-refractivity contribution is 7.99. The first-order chi connectivity index (χ1) is 10.3. The highest BCUT2D eigenvalue weighted by Crippen LogP contribution is 2.27. The second-order valence-corrected chi connectivity index (χ2v) is 8.13. The fourth-order valence-corrected chi connectivity index (χ4v) is 3.11. The van der Waals surface area contributed by atoms with Gasteiger partial charge < -0.3 is 4.74 Å². The first kappa shape index (κ1) is 19.1. The van der Waals surface area contributed by atoms with Crippen LogP contribution < -0.4 is 0 Å². The zero-order chi connectivity index (χ0) is 16.6. The molecule has 0 atom stereocenters. The summed E-state index contributed by atoms with van der Waals surface area (Å²) in [5, 5.41) is 0. The van der Waals surface area contributed by atoms with Gasteiger partial charge in [0.05, 0.1) is 12.0 Å². The van der Waals surface area contributed by atoms with Crippen LogP contribution in [0.1, 0.15) is 53.0 Å². The fraction of sp³-hybridized carbons (Fsp3) is 0.632. The second kappa shape index (κ2) is 8.61. The molecule has 22 heavy (non-hydrogen) atoms. The molecule has 0 heterocycles. The average Bonchev–Trinajstić information content (AvgIpc) is 2.51. The molecule has 1 rings (SSSR count). The van der Waals surface area contributed by atoms with E-state index < -0.39 is 0 Å². The topological polar surface area (TPSA) is 26.3 Å². The Morgan fingerprint density at radius 2 is 1.77 bits per heavy atom. The molecule has 124 valence electrons. The Morgan fingerprint density at radius 1 is 1.14 bits per heavy atom. The summed E-state index contributed by atoms with van der Waals surface area (Å²) in [4.78, 5) is 11.8. The Hall–Kier alpha value is -0.960. The number of ether oxygens (including phenoxy) is 1. The van der Waals surface area contributed by atoms with Crippen LogP contribution in [0.4, 0.5) is 0 Å². The van der Waals surface area contributed by atoms with Gasteiger partial charge in [-0.05, 0) is 43.4 Å². The van der Waals surface area contributed by atoms with E-state index in [2.05, 4.69) is 44.2 Å². The van der Waals surface area contributed by atoms with Crippen molar-refractivity contribution in [2.45, 2.75) is 52.9 Å². The van der Waals surface area contributed by atoms with Crippen molar-refractivity contribution in [3.63, 3.8) is 0 Å². The number of carbonyl (C=O) groups excluding carboxylic acids is 1. The minimum absolute atomic E-state index is 0.0791. The van der Waals surface area contributed by atoms with E-state index in [1.807, 2.05) is 32.5 Å². The van der Waals surface area contributed by atoms with Crippen molar-refractivity contribution in [2.75, 3.05) is 18.1 Å². The molecule has 0 saturated carbocycles. The molecular weight excluding hydrogens is 292 g/mol. The third kappa shape index (κ3) is 6.04. The highest BCUT2D eigenvalue weighted by Gasteiger charge is 2.26. The summed E-state index contributed by atoms with van der Waals surface area (Å²) in [5.41, 5.74) is 1.19. The smallest absolute Gasteiger partial charge is 0.311 e. The molecule has 0 N–H and O–H groups in total. The third-order valence-corrected chi connectivity index (χ3v) is 5.62. The normalized spacial score (nSPS) is 12.2. The molecule has 1 aromatic rings. The Kier molecular flexibility index (Phi) is 7.47. The number of hydrogen-bond acceptors (Lipinski definition) is 3. The van der Waals surface area contributed by atoms with Gasteiger partial charge in [-0.3, -0.25) is 4.79 Å². The summed E-state index contributed by atoms with van der Waals surface area (Å²) < 4.78 is 5.36. The van der Waals surface area contributed by atoms with Crippen LogP contribution in [0.5, 0.6) is 0 Å². The van der Waals surface area contributed by atoms with Crippen molar-refractivity contribution in [2.24, 2.45) is 5.41 Å². The van der Waals surface area contributed by atoms with Crippen molar-refractivity contribution in [3.05, 3.63) is 35.9 Å². The minimum atomic E-state index is -0.359. The van der Waals surface area contributed by atoms with Gasteiger partial charge in [-0.2, -0.15) is 11.8 Å². The van der Waals surface area contributed by atoms with Crippen LogP contribution in [0.3, 0.4) is 0 Å². The first-order valence-corrected chi connectivity index (χ1v) is 9.25. The molecule has 0 radical (unpaired) electrons. The van der Waals surface area contributed by atoms with Crippen LogP contribution in [-0.2, 0) is 14.9 Å². The van der Waals surface area contributed by atoms with Crippen molar-refractivity contribution < 1.29 is 9.53 Å². The Labute approximate surface area is 140 Å². The molecule has 0 aliphatic carbocycles. The van der Waals surface area contributed by atoms with Gasteiger partial charge >= 0.3 is 5.97 Å². The van der Waals surface area contributed by atoms with E-state index in [9.17, 15) is 4.79 Å². The van der Waals surface area contributed by atoms with Gasteiger partial charge in [0.2, 0.25) is 0 Å². The van der Waals surface area contributed by atoms with E-state index in [0.717, 1.165) is 24.3 Å². The predicted octanol–water partition coefficient (Wildman–Crippen LogP) is 5.07. The SMILES string of the molecule is CCC(C)(C)C(=O)OCCCSCC(C)(C)c1ccccc1. The first-order valence-electron chi connectivity index (χ1n) is 8.10. The maximum Gasteiger partial charge on any atom is 0.311 e. The van der Waals surface area contributed by atoms with Crippen LogP contribution >= 0.6 is 11.8 Å². The molecule has 0 bridgehead atoms. The fourth-order valence-electron chi connectivity index (χ4n) is 1.97. The van der Waals surface area contributed by atoms with E-state index >= 15 is 0 Å². The summed E-state index contributed by atoms with van der Waals surface area (Å²) in [6.45, 7) is 11.0. The maximum atomic E-state index is 11.8. The summed E-state index contributed by atoms with van der Waals surface area (Å²) in [6.07, 6.45) is 1.73. The Balaban J connectivity index is 2.22. The zero-order valence-corrected chi connectivity index (χ0v) is 15.5. The molecule has 0 aliphatic heterocycles. The summed E-state index contributed by atoms with van der Waals surface area (Å²) in [6, 6.07) is 10.6. The lowest BCUT2D eigenvalue weighted by Crippen LogP contribution is -2.26. The van der Waals surface area contributed by atoms with Gasteiger partial charge in [0.1, 0.15) is 0 Å². The monoisotopic (exact) mass is 322 g/mol. The van der Waals surface area contributed by atoms with E-state index in [1.54, 1.807) is 0 Å². The van der Waals surface area contributed by atoms with Crippen LogP contribution in [0.15, 0.2) is 30.3 Å². The molecule has 3 heteroatoms. The Bertz CT molecular complexity index is 452. The molecule has 0 spiro atoms. The minimum Gasteiger partial charge on any atom is -0.465 e. The quantitative estimate of drug-likeness (QED) is 0.469. The number of carbonyl (C=O) groups is 1. The van der Waals surface area contributed by atoms with Gasteiger partial charge in [-0.1, -0.05) is 51.1 Å². The largest absolute Gasteiger partial charge is 0.465 e. The van der Waals surface area contributed by atoms with E-state index in [-0.39, 0.29) is 16.8 Å². The average molecular weight is 323 g/mol. The lowest BCUT2D eigenvalue weighted by Gasteiger charge is -2.25. The number of esters is 1. The van der Waals surface area contributed by atoms with Crippen LogP contribution in [0, 0.1) is 5.41 Å². The van der Waals surface area contributed by atoms with E-state index in [0.29, 0.717) is 6.61 Å². The van der Waals surface area contributed by atoms with Crippen molar-refractivity contribution in [1.82, 2.24) is 0 Å². The molecule has 0 saturated heterocycles. The molecule has 0 unspecified atom stereocenters. The van der Waals surface area contributed by atoms with E-state index in [4.69, 9.17) is 4.74 Å². The lowest BCUT2D eigenvalue weighted by atomic mass is 9.87. The van der Waals surface area contributed by atoms with Gasteiger partial charge in [-0.25, -0.2) is 0 Å². The molecule has 0 aromatic heterocycles. The van der Waals surface area contributed by atoms with Crippen molar-refractivity contribution in [3.8, 4) is 0 Å². The molecule has 0 fully saturated rings. The summed E-state index contributed by atoms with van der Waals surface area (Å²) >= 11 is 1.93. The number of thioether (sulfide) groups is 1. The van der Waals surface area contributed by atoms with Gasteiger partial charge in [-0.15, -0.1) is 0 Å². The summed E-state index contributed by atoms with van der Waals surface area (Å²) in [5.74, 6) is 2.02. The van der Waals surface area contributed by atoms with Gasteiger partial charge in [0, 0.05) is 5.75 Å². The molecule has 0 aliphatic rings. The van der Waals surface area contributed by atoms with Crippen LogP contribution in [0.25, 0.3) is 0 Å². The number of hydrogen-bond donors (Lipinski definition) is 0. The third-order valence-electron chi connectivity index (χ3n) is 4.12. The second-order valence-electron chi connectivity index (χ2n) is 7.03. The molecular formula is C19H30O2S. The standard InChI is InChI=1S/C19H30O2S/c1-6-18(2,3)17(20)21-13-10-14-22-15-19(4,5)16-11-8-7-9-12-16/h7-9,11-12H,6,10,13-15H2,1-5H3. The van der Waals surface area contributed by atoms with Crippen molar-refractivity contribution in [1.29, 1.82) is 0 Å². The van der Waals surface area contributed by atoms with E-state index in [1.165, 1.54) is 5.56 Å². The predicted molar refractivity (Wildman–Crippen MR) is 96.4 cm³/mol. The van der Waals surface area contributed by atoms with Crippen molar-refractivity contribution >= 4 is 17.7 Å². The Morgan fingerprint density at radius 3 is 2.36 bits per heavy atom.